The summed E-state index contributed by atoms with van der Waals surface area (Å²) in [6.07, 6.45) is 3.03. The fourth-order valence-corrected chi connectivity index (χ4v) is 2.32. The van der Waals surface area contributed by atoms with Crippen molar-refractivity contribution in [1.82, 2.24) is 20.1 Å². The number of aromatic nitrogens is 3. The molecule has 7 heteroatoms. The second-order valence-electron chi connectivity index (χ2n) is 5.64. The Kier molecular flexibility index (Phi) is 5.79. The van der Waals surface area contributed by atoms with Gasteiger partial charge in [-0.15, -0.1) is 5.10 Å². The monoisotopic (exact) mass is 325 g/mol. The number of nitrogens with zero attached hydrogens (tertiary/aromatic N) is 4. The summed E-state index contributed by atoms with van der Waals surface area (Å²) in [5.41, 5.74) is 1.69. The number of hydrogen-bond acceptors (Lipinski definition) is 5. The Hall–Kier alpha value is -3.01. The minimum Gasteiger partial charge on any atom is -0.354 e. The zero-order valence-corrected chi connectivity index (χ0v) is 13.7. The van der Waals surface area contributed by atoms with Crippen LogP contribution < -0.4 is 5.32 Å². The van der Waals surface area contributed by atoms with Gasteiger partial charge in [-0.1, -0.05) is 24.3 Å². The third-order valence-corrected chi connectivity index (χ3v) is 3.53. The van der Waals surface area contributed by atoms with Crippen LogP contribution in [0.5, 0.6) is 0 Å². The first-order valence-electron chi connectivity index (χ1n) is 7.66. The summed E-state index contributed by atoms with van der Waals surface area (Å²) in [6, 6.07) is 9.32. The fraction of sp³-hybridized carbons (Fsp3) is 0.353. The van der Waals surface area contributed by atoms with Gasteiger partial charge in [-0.3, -0.25) is 9.59 Å². The van der Waals surface area contributed by atoms with E-state index in [1.54, 1.807) is 12.1 Å². The average Bonchev–Trinajstić information content (AvgIpc) is 3.00. The zero-order valence-electron chi connectivity index (χ0n) is 13.7. The molecule has 0 aliphatic rings. The molecule has 0 fully saturated rings. The largest absolute Gasteiger partial charge is 0.354 e. The second-order valence-corrected chi connectivity index (χ2v) is 5.64. The van der Waals surface area contributed by atoms with Crippen molar-refractivity contribution in [2.24, 2.45) is 0 Å². The van der Waals surface area contributed by atoms with E-state index in [0.717, 1.165) is 18.4 Å². The van der Waals surface area contributed by atoms with Crippen LogP contribution >= 0.6 is 0 Å². The van der Waals surface area contributed by atoms with E-state index in [0.29, 0.717) is 5.56 Å². The molecule has 0 radical (unpaired) electrons. The number of benzene rings is 1. The molecular formula is C17H19N5O2. The molecule has 0 aliphatic heterocycles. The predicted octanol–water partition coefficient (Wildman–Crippen LogP) is 1.49. The number of amides is 1. The van der Waals surface area contributed by atoms with Crippen molar-refractivity contribution in [3.63, 3.8) is 0 Å². The van der Waals surface area contributed by atoms with Crippen molar-refractivity contribution >= 4 is 11.7 Å². The van der Waals surface area contributed by atoms with Crippen LogP contribution in [0, 0.1) is 11.3 Å². The van der Waals surface area contributed by atoms with Crippen molar-refractivity contribution in [3.05, 3.63) is 47.5 Å². The van der Waals surface area contributed by atoms with E-state index in [2.05, 4.69) is 15.4 Å². The summed E-state index contributed by atoms with van der Waals surface area (Å²) < 4.78 is 1.35. The number of carbonyl (C=O) groups excluding carboxylic acids is 2. The SMILES string of the molecule is CC(=O)N[C@@H](C)CCc1ccc(C(=O)Cn2cnc(C#N)n2)cc1. The van der Waals surface area contributed by atoms with Gasteiger partial charge in [0.15, 0.2) is 5.78 Å². The van der Waals surface area contributed by atoms with Crippen LogP contribution in [0.1, 0.15) is 42.0 Å². The molecule has 1 atom stereocenters. The maximum absolute atomic E-state index is 12.2. The lowest BCUT2D eigenvalue weighted by atomic mass is 10.0. The summed E-state index contributed by atoms with van der Waals surface area (Å²) in [6.45, 7) is 3.52. The molecule has 0 saturated heterocycles. The van der Waals surface area contributed by atoms with Crippen molar-refractivity contribution in [2.45, 2.75) is 39.3 Å². The number of rotatable bonds is 7. The molecule has 1 aromatic carbocycles. The lowest BCUT2D eigenvalue weighted by molar-refractivity contribution is -0.119. The van der Waals surface area contributed by atoms with E-state index in [1.807, 2.05) is 25.1 Å². The van der Waals surface area contributed by atoms with Crippen molar-refractivity contribution in [1.29, 1.82) is 5.26 Å². The van der Waals surface area contributed by atoms with E-state index in [1.165, 1.54) is 17.9 Å². The van der Waals surface area contributed by atoms with Gasteiger partial charge < -0.3 is 5.32 Å². The number of carbonyl (C=O) groups is 2. The van der Waals surface area contributed by atoms with E-state index in [-0.39, 0.29) is 30.1 Å². The van der Waals surface area contributed by atoms with E-state index >= 15 is 0 Å². The van der Waals surface area contributed by atoms with Gasteiger partial charge in [-0.2, -0.15) is 5.26 Å². The maximum atomic E-state index is 12.2. The minimum atomic E-state index is -0.0949. The first-order chi connectivity index (χ1) is 11.5. The van der Waals surface area contributed by atoms with Gasteiger partial charge in [0.2, 0.25) is 5.91 Å². The highest BCUT2D eigenvalue weighted by Crippen LogP contribution is 2.09. The van der Waals surface area contributed by atoms with E-state index in [4.69, 9.17) is 5.26 Å². The van der Waals surface area contributed by atoms with Crippen LogP contribution in [0.15, 0.2) is 30.6 Å². The van der Waals surface area contributed by atoms with Gasteiger partial charge in [-0.05, 0) is 25.3 Å². The molecule has 7 nitrogen and oxygen atoms in total. The van der Waals surface area contributed by atoms with Gasteiger partial charge in [-0.25, -0.2) is 9.67 Å². The Morgan fingerprint density at radius 2 is 2.04 bits per heavy atom. The molecule has 1 heterocycles. The molecule has 2 aromatic rings. The number of aryl methyl sites for hydroxylation is 1. The van der Waals surface area contributed by atoms with Crippen molar-refractivity contribution in [3.8, 4) is 6.07 Å². The lowest BCUT2D eigenvalue weighted by Crippen LogP contribution is -2.30. The molecule has 0 aliphatic carbocycles. The van der Waals surface area contributed by atoms with Gasteiger partial charge in [0.1, 0.15) is 18.9 Å². The molecule has 0 spiro atoms. The zero-order chi connectivity index (χ0) is 17.5. The first-order valence-corrected chi connectivity index (χ1v) is 7.66. The molecule has 2 rings (SSSR count). The molecule has 0 unspecified atom stereocenters. The van der Waals surface area contributed by atoms with Crippen molar-refractivity contribution in [2.75, 3.05) is 0 Å². The highest BCUT2D eigenvalue weighted by molar-refractivity contribution is 5.95. The van der Waals surface area contributed by atoms with Crippen LogP contribution in [0.25, 0.3) is 0 Å². The van der Waals surface area contributed by atoms with Gasteiger partial charge >= 0.3 is 0 Å². The van der Waals surface area contributed by atoms with Crippen LogP contribution in [0.4, 0.5) is 0 Å². The highest BCUT2D eigenvalue weighted by Gasteiger charge is 2.09. The van der Waals surface area contributed by atoms with E-state index < -0.39 is 0 Å². The van der Waals surface area contributed by atoms with Gasteiger partial charge in [0.25, 0.3) is 5.82 Å². The normalized spacial score (nSPS) is 11.5. The Labute approximate surface area is 140 Å². The molecule has 124 valence electrons. The lowest BCUT2D eigenvalue weighted by Gasteiger charge is -2.12. The second kappa shape index (κ2) is 8.02. The summed E-state index contributed by atoms with van der Waals surface area (Å²) in [5.74, 6) is -0.0786. The third-order valence-electron chi connectivity index (χ3n) is 3.53. The van der Waals surface area contributed by atoms with Crippen LogP contribution in [0.3, 0.4) is 0 Å². The summed E-state index contributed by atoms with van der Waals surface area (Å²) in [7, 11) is 0. The third kappa shape index (κ3) is 5.02. The summed E-state index contributed by atoms with van der Waals surface area (Å²) >= 11 is 0. The Bertz CT molecular complexity index is 758. The Morgan fingerprint density at radius 3 is 2.62 bits per heavy atom. The first kappa shape index (κ1) is 17.3. The summed E-state index contributed by atoms with van der Waals surface area (Å²) in [4.78, 5) is 26.9. The standard InChI is InChI=1S/C17H19N5O2/c1-12(20-13(2)23)3-4-14-5-7-15(8-6-14)16(24)10-22-11-19-17(9-18)21-22/h5-8,11-12H,3-4,10H2,1-2H3,(H,20,23)/t12-/m0/s1. The highest BCUT2D eigenvalue weighted by atomic mass is 16.1. The topological polar surface area (TPSA) is 101 Å². The Balaban J connectivity index is 1.90. The molecule has 1 aromatic heterocycles. The van der Waals surface area contributed by atoms with Crippen LogP contribution in [-0.4, -0.2) is 32.5 Å². The minimum absolute atomic E-state index is 0.0314. The molecular weight excluding hydrogens is 306 g/mol. The predicted molar refractivity (Wildman–Crippen MR) is 87.1 cm³/mol. The molecule has 1 N–H and O–H groups in total. The average molecular weight is 325 g/mol. The van der Waals surface area contributed by atoms with Gasteiger partial charge in [0.05, 0.1) is 0 Å². The molecule has 1 amide bonds. The quantitative estimate of drug-likeness (QED) is 0.777. The molecule has 0 saturated carbocycles. The summed E-state index contributed by atoms with van der Waals surface area (Å²) in [5, 5.41) is 15.4. The number of ketones is 1. The number of hydrogen-bond donors (Lipinski definition) is 1. The molecule has 24 heavy (non-hydrogen) atoms. The number of nitrogens with one attached hydrogen (secondary N) is 1. The van der Waals surface area contributed by atoms with Crippen molar-refractivity contribution < 1.29 is 9.59 Å². The van der Waals surface area contributed by atoms with Crippen LogP contribution in [-0.2, 0) is 17.8 Å². The van der Waals surface area contributed by atoms with Crippen LogP contribution in [0.2, 0.25) is 0 Å². The molecule has 0 bridgehead atoms. The maximum Gasteiger partial charge on any atom is 0.252 e. The Morgan fingerprint density at radius 1 is 1.33 bits per heavy atom. The smallest absolute Gasteiger partial charge is 0.252 e. The van der Waals surface area contributed by atoms with E-state index in [9.17, 15) is 9.59 Å². The van der Waals surface area contributed by atoms with Gasteiger partial charge in [0, 0.05) is 18.5 Å². The number of nitriles is 1. The fourth-order valence-electron chi connectivity index (χ4n) is 2.32. The number of Topliss-reactive ketones (excluding diaryl/α,β-unsaturated/α-hetero) is 1.